The Labute approximate surface area is 89.1 Å². The van der Waals surface area contributed by atoms with Crippen molar-refractivity contribution < 1.29 is 0 Å². The van der Waals surface area contributed by atoms with Gasteiger partial charge in [-0.3, -0.25) is 4.99 Å². The van der Waals surface area contributed by atoms with Crippen LogP contribution < -0.4 is 5.73 Å². The van der Waals surface area contributed by atoms with Gasteiger partial charge in [-0.1, -0.05) is 24.3 Å². The summed E-state index contributed by atoms with van der Waals surface area (Å²) in [6, 6.07) is 7.93. The predicted molar refractivity (Wildman–Crippen MR) is 62.6 cm³/mol. The Bertz CT molecular complexity index is 339. The smallest absolute Gasteiger partial charge is 0.0474 e. The standard InChI is InChI=1S/C11H13ClN2/c1-14-8-11(7-13)10-4-2-9(6-12)3-5-10/h2-5,7-8H,6,13H2,1H3. The fourth-order valence-corrected chi connectivity index (χ4v) is 1.32. The number of nitrogens with zero attached hydrogens (tertiary/aromatic N) is 1. The van der Waals surface area contributed by atoms with Gasteiger partial charge in [-0.15, -0.1) is 11.6 Å². The average molecular weight is 209 g/mol. The van der Waals surface area contributed by atoms with Gasteiger partial charge in [0.15, 0.2) is 0 Å². The van der Waals surface area contributed by atoms with Gasteiger partial charge in [0.1, 0.15) is 0 Å². The summed E-state index contributed by atoms with van der Waals surface area (Å²) in [6.07, 6.45) is 3.28. The van der Waals surface area contributed by atoms with Gasteiger partial charge >= 0.3 is 0 Å². The maximum absolute atomic E-state index is 5.69. The van der Waals surface area contributed by atoms with E-state index >= 15 is 0 Å². The Balaban J connectivity index is 2.96. The monoisotopic (exact) mass is 208 g/mol. The number of nitrogens with two attached hydrogens (primary N) is 1. The molecule has 14 heavy (non-hydrogen) atoms. The largest absolute Gasteiger partial charge is 0.404 e. The summed E-state index contributed by atoms with van der Waals surface area (Å²) in [4.78, 5) is 3.93. The van der Waals surface area contributed by atoms with E-state index in [0.717, 1.165) is 16.7 Å². The van der Waals surface area contributed by atoms with E-state index in [1.54, 1.807) is 19.5 Å². The van der Waals surface area contributed by atoms with E-state index in [9.17, 15) is 0 Å². The molecule has 1 rings (SSSR count). The van der Waals surface area contributed by atoms with Crippen molar-refractivity contribution in [1.82, 2.24) is 0 Å². The first-order chi connectivity index (χ1) is 6.81. The fraction of sp³-hybridized carbons (Fsp3) is 0.182. The number of halogens is 1. The van der Waals surface area contributed by atoms with E-state index < -0.39 is 0 Å². The van der Waals surface area contributed by atoms with Crippen LogP contribution in [0.2, 0.25) is 0 Å². The van der Waals surface area contributed by atoms with E-state index in [4.69, 9.17) is 17.3 Å². The molecule has 0 atom stereocenters. The van der Waals surface area contributed by atoms with Crippen molar-refractivity contribution in [1.29, 1.82) is 0 Å². The normalized spacial score (nSPS) is 12.3. The highest BCUT2D eigenvalue weighted by Gasteiger charge is 1.97. The maximum Gasteiger partial charge on any atom is 0.0474 e. The van der Waals surface area contributed by atoms with Gasteiger partial charge in [-0.05, 0) is 11.1 Å². The highest BCUT2D eigenvalue weighted by molar-refractivity contribution is 6.17. The summed E-state index contributed by atoms with van der Waals surface area (Å²) < 4.78 is 0. The predicted octanol–water partition coefficient (Wildman–Crippen LogP) is 2.43. The second-order valence-electron chi connectivity index (χ2n) is 2.84. The van der Waals surface area contributed by atoms with Crippen LogP contribution in [-0.4, -0.2) is 13.3 Å². The molecule has 0 bridgehead atoms. The van der Waals surface area contributed by atoms with Gasteiger partial charge in [0.2, 0.25) is 0 Å². The molecule has 3 heteroatoms. The molecular weight excluding hydrogens is 196 g/mol. The molecule has 0 fully saturated rings. The van der Waals surface area contributed by atoms with E-state index in [-0.39, 0.29) is 0 Å². The van der Waals surface area contributed by atoms with Crippen molar-refractivity contribution in [2.45, 2.75) is 5.88 Å². The van der Waals surface area contributed by atoms with Gasteiger partial charge in [0, 0.05) is 30.9 Å². The number of hydrogen-bond acceptors (Lipinski definition) is 2. The van der Waals surface area contributed by atoms with Crippen molar-refractivity contribution in [3.05, 3.63) is 41.6 Å². The van der Waals surface area contributed by atoms with E-state index in [1.807, 2.05) is 24.3 Å². The average Bonchev–Trinajstić information content (AvgIpc) is 2.26. The Morgan fingerprint density at radius 2 is 2.07 bits per heavy atom. The number of rotatable bonds is 3. The van der Waals surface area contributed by atoms with Crippen molar-refractivity contribution in [3.8, 4) is 0 Å². The van der Waals surface area contributed by atoms with Crippen molar-refractivity contribution >= 4 is 23.4 Å². The van der Waals surface area contributed by atoms with Crippen LogP contribution in [0.5, 0.6) is 0 Å². The molecule has 0 saturated heterocycles. The molecule has 1 aromatic rings. The molecule has 74 valence electrons. The van der Waals surface area contributed by atoms with E-state index in [2.05, 4.69) is 4.99 Å². The second kappa shape index (κ2) is 5.45. The Morgan fingerprint density at radius 3 is 2.50 bits per heavy atom. The number of hydrogen-bond donors (Lipinski definition) is 1. The first kappa shape index (κ1) is 10.8. The summed E-state index contributed by atoms with van der Waals surface area (Å²) >= 11 is 5.69. The first-order valence-corrected chi connectivity index (χ1v) is 4.84. The Morgan fingerprint density at radius 1 is 1.43 bits per heavy atom. The van der Waals surface area contributed by atoms with Crippen LogP contribution in [0, 0.1) is 0 Å². The van der Waals surface area contributed by atoms with Crippen molar-refractivity contribution in [2.24, 2.45) is 10.7 Å². The first-order valence-electron chi connectivity index (χ1n) is 4.31. The Hall–Kier alpha value is -1.28. The quantitative estimate of drug-likeness (QED) is 0.602. The van der Waals surface area contributed by atoms with Crippen LogP contribution in [0.3, 0.4) is 0 Å². The zero-order valence-electron chi connectivity index (χ0n) is 8.07. The molecule has 0 unspecified atom stereocenters. The van der Waals surface area contributed by atoms with E-state index in [0.29, 0.717) is 5.88 Å². The van der Waals surface area contributed by atoms with Crippen LogP contribution in [0.25, 0.3) is 5.57 Å². The summed E-state index contributed by atoms with van der Waals surface area (Å²) in [6.45, 7) is 0. The summed E-state index contributed by atoms with van der Waals surface area (Å²) in [7, 11) is 1.72. The van der Waals surface area contributed by atoms with Crippen molar-refractivity contribution in [3.63, 3.8) is 0 Å². The summed E-state index contributed by atoms with van der Waals surface area (Å²) in [5.74, 6) is 0.532. The van der Waals surface area contributed by atoms with Gasteiger partial charge < -0.3 is 5.73 Å². The lowest BCUT2D eigenvalue weighted by Crippen LogP contribution is -1.91. The van der Waals surface area contributed by atoms with Gasteiger partial charge in [0.05, 0.1) is 0 Å². The highest BCUT2D eigenvalue weighted by atomic mass is 35.5. The molecule has 2 nitrogen and oxygen atoms in total. The minimum atomic E-state index is 0.532. The highest BCUT2D eigenvalue weighted by Crippen LogP contribution is 2.13. The lowest BCUT2D eigenvalue weighted by molar-refractivity contribution is 1.39. The van der Waals surface area contributed by atoms with Crippen LogP contribution in [0.4, 0.5) is 0 Å². The topological polar surface area (TPSA) is 38.4 Å². The number of allylic oxidation sites excluding steroid dienone is 1. The molecule has 0 aromatic heterocycles. The van der Waals surface area contributed by atoms with Crippen LogP contribution in [0.1, 0.15) is 11.1 Å². The molecule has 0 amide bonds. The second-order valence-corrected chi connectivity index (χ2v) is 3.11. The van der Waals surface area contributed by atoms with Crippen LogP contribution in [-0.2, 0) is 5.88 Å². The maximum atomic E-state index is 5.69. The fourth-order valence-electron chi connectivity index (χ4n) is 1.14. The molecule has 0 saturated carbocycles. The minimum Gasteiger partial charge on any atom is -0.404 e. The molecule has 0 radical (unpaired) electrons. The minimum absolute atomic E-state index is 0.532. The molecule has 0 aliphatic heterocycles. The molecule has 0 heterocycles. The third kappa shape index (κ3) is 2.60. The van der Waals surface area contributed by atoms with Crippen LogP contribution >= 0.6 is 11.6 Å². The van der Waals surface area contributed by atoms with Crippen molar-refractivity contribution in [2.75, 3.05) is 7.05 Å². The molecule has 0 spiro atoms. The SMILES string of the molecule is CN=CC(=CN)c1ccc(CCl)cc1. The lowest BCUT2D eigenvalue weighted by Gasteiger charge is -2.01. The summed E-state index contributed by atoms with van der Waals surface area (Å²) in [5, 5.41) is 0. The van der Waals surface area contributed by atoms with Gasteiger partial charge in [-0.2, -0.15) is 0 Å². The van der Waals surface area contributed by atoms with E-state index in [1.165, 1.54) is 0 Å². The van der Waals surface area contributed by atoms with Gasteiger partial charge in [0.25, 0.3) is 0 Å². The third-order valence-electron chi connectivity index (χ3n) is 1.89. The molecule has 0 aliphatic carbocycles. The number of aliphatic imine (C=N–C) groups is 1. The summed E-state index contributed by atoms with van der Waals surface area (Å²) in [5.41, 5.74) is 8.54. The molecule has 2 N–H and O–H groups in total. The molecular formula is C11H13ClN2. The van der Waals surface area contributed by atoms with Gasteiger partial charge in [-0.25, -0.2) is 0 Å². The molecule has 0 aliphatic rings. The zero-order valence-corrected chi connectivity index (χ0v) is 8.83. The number of benzene rings is 1. The molecule has 1 aromatic carbocycles. The lowest BCUT2D eigenvalue weighted by atomic mass is 10.1. The third-order valence-corrected chi connectivity index (χ3v) is 2.20. The Kier molecular flexibility index (Phi) is 4.20. The zero-order chi connectivity index (χ0) is 10.4. The van der Waals surface area contributed by atoms with Crippen LogP contribution in [0.15, 0.2) is 35.5 Å². The number of alkyl halides is 1.